The molecule has 13 heteroatoms. The predicted molar refractivity (Wildman–Crippen MR) is 162 cm³/mol. The highest BCUT2D eigenvalue weighted by Crippen LogP contribution is 2.31. The first kappa shape index (κ1) is 27.5. The van der Waals surface area contributed by atoms with Gasteiger partial charge in [-0.25, -0.2) is 4.98 Å². The summed E-state index contributed by atoms with van der Waals surface area (Å²) in [5, 5.41) is 23.3. The molecule has 2 aromatic carbocycles. The summed E-state index contributed by atoms with van der Waals surface area (Å²) in [4.78, 5) is 36.6. The van der Waals surface area contributed by atoms with Gasteiger partial charge in [-0.1, -0.05) is 30.0 Å². The largest absolute Gasteiger partial charge is 0.368 e. The van der Waals surface area contributed by atoms with Gasteiger partial charge in [0.25, 0.3) is 11.6 Å². The first-order valence-electron chi connectivity index (χ1n) is 13.3. The minimum Gasteiger partial charge on any atom is -0.368 e. The molecule has 0 atom stereocenters. The van der Waals surface area contributed by atoms with Crippen molar-refractivity contribution < 1.29 is 9.72 Å². The van der Waals surface area contributed by atoms with Crippen LogP contribution in [0.25, 0.3) is 17.1 Å². The Morgan fingerprint density at radius 2 is 1.81 bits per heavy atom. The fourth-order valence-corrected chi connectivity index (χ4v) is 6.52. The van der Waals surface area contributed by atoms with Crippen LogP contribution in [0.1, 0.15) is 21.1 Å². The fourth-order valence-electron chi connectivity index (χ4n) is 4.79. The number of rotatable bonds is 8. The Balaban J connectivity index is 1.12. The Labute approximate surface area is 250 Å². The van der Waals surface area contributed by atoms with E-state index in [1.807, 2.05) is 45.2 Å². The Kier molecular flexibility index (Phi) is 7.93. The molecule has 1 amide bonds. The second kappa shape index (κ2) is 12.1. The molecule has 3 aromatic heterocycles. The van der Waals surface area contributed by atoms with Gasteiger partial charge in [-0.15, -0.1) is 21.5 Å². The number of amides is 1. The Morgan fingerprint density at radius 3 is 2.52 bits per heavy atom. The van der Waals surface area contributed by atoms with E-state index in [1.165, 1.54) is 35.2 Å². The standard InChI is InChI=1S/C29H26N8O3S2/c1-20-5-2-3-7-25(20)36-27(21-6-4-12-30-17-21)32-33-29(36)42-19-26-31-24(18-41-26)28(38)35-15-13-34(14-16-35)22-8-10-23(11-9-22)37(39)40/h2-12,17-18H,13-16,19H2,1H3. The summed E-state index contributed by atoms with van der Waals surface area (Å²) >= 11 is 2.98. The highest BCUT2D eigenvalue weighted by Gasteiger charge is 2.25. The normalized spacial score (nSPS) is 13.4. The third kappa shape index (κ3) is 5.74. The number of carbonyl (C=O) groups excluding carboxylic acids is 1. The second-order valence-corrected chi connectivity index (χ2v) is 11.5. The first-order valence-corrected chi connectivity index (χ1v) is 15.1. The number of non-ortho nitro benzene ring substituents is 1. The molecule has 42 heavy (non-hydrogen) atoms. The van der Waals surface area contributed by atoms with Crippen molar-refractivity contribution in [1.29, 1.82) is 0 Å². The van der Waals surface area contributed by atoms with Gasteiger partial charge in [0.15, 0.2) is 11.0 Å². The van der Waals surface area contributed by atoms with Crippen molar-refractivity contribution in [2.45, 2.75) is 17.8 Å². The van der Waals surface area contributed by atoms with Crippen LogP contribution in [-0.2, 0) is 5.75 Å². The number of hydrogen-bond acceptors (Lipinski definition) is 10. The maximum absolute atomic E-state index is 13.2. The molecular formula is C29H26N8O3S2. The maximum atomic E-state index is 13.2. The van der Waals surface area contributed by atoms with E-state index in [9.17, 15) is 14.9 Å². The average molecular weight is 599 g/mol. The van der Waals surface area contributed by atoms with Crippen molar-refractivity contribution in [1.82, 2.24) is 29.6 Å². The number of aryl methyl sites for hydroxylation is 1. The molecule has 0 saturated carbocycles. The highest BCUT2D eigenvalue weighted by atomic mass is 32.2. The van der Waals surface area contributed by atoms with Crippen molar-refractivity contribution >= 4 is 40.4 Å². The lowest BCUT2D eigenvalue weighted by Crippen LogP contribution is -2.48. The zero-order chi connectivity index (χ0) is 29.1. The molecule has 1 saturated heterocycles. The quantitative estimate of drug-likeness (QED) is 0.134. The van der Waals surface area contributed by atoms with Crippen molar-refractivity contribution in [3.05, 3.63) is 105 Å². The van der Waals surface area contributed by atoms with Gasteiger partial charge >= 0.3 is 0 Å². The summed E-state index contributed by atoms with van der Waals surface area (Å²) in [7, 11) is 0. The van der Waals surface area contributed by atoms with E-state index in [-0.39, 0.29) is 11.6 Å². The van der Waals surface area contributed by atoms with Gasteiger partial charge in [0.05, 0.1) is 16.4 Å². The number of hydrogen-bond donors (Lipinski definition) is 0. The molecule has 6 rings (SSSR count). The number of nitro benzene ring substituents is 1. The minimum atomic E-state index is -0.407. The van der Waals surface area contributed by atoms with Crippen molar-refractivity contribution in [2.24, 2.45) is 0 Å². The molecule has 11 nitrogen and oxygen atoms in total. The second-order valence-electron chi connectivity index (χ2n) is 9.64. The van der Waals surface area contributed by atoms with Crippen LogP contribution in [0.4, 0.5) is 11.4 Å². The molecule has 0 unspecified atom stereocenters. The first-order chi connectivity index (χ1) is 20.5. The van der Waals surface area contributed by atoms with Crippen LogP contribution in [0.3, 0.4) is 0 Å². The number of thioether (sulfide) groups is 1. The number of para-hydroxylation sites is 1. The zero-order valence-corrected chi connectivity index (χ0v) is 24.3. The number of aromatic nitrogens is 5. The van der Waals surface area contributed by atoms with E-state index < -0.39 is 4.92 Å². The van der Waals surface area contributed by atoms with E-state index in [1.54, 1.807) is 24.5 Å². The maximum Gasteiger partial charge on any atom is 0.273 e. The van der Waals surface area contributed by atoms with E-state index in [2.05, 4.69) is 38.1 Å². The van der Waals surface area contributed by atoms with Gasteiger partial charge in [0, 0.05) is 67.3 Å². The molecule has 4 heterocycles. The number of benzene rings is 2. The van der Waals surface area contributed by atoms with Gasteiger partial charge in [0.1, 0.15) is 10.7 Å². The van der Waals surface area contributed by atoms with Crippen molar-refractivity contribution in [2.75, 3.05) is 31.1 Å². The molecule has 0 N–H and O–H groups in total. The molecule has 1 aliphatic rings. The van der Waals surface area contributed by atoms with Gasteiger partial charge in [0.2, 0.25) is 0 Å². The van der Waals surface area contributed by atoms with Crippen LogP contribution >= 0.6 is 23.1 Å². The number of carbonyl (C=O) groups is 1. The molecule has 0 spiro atoms. The summed E-state index contributed by atoms with van der Waals surface area (Å²) in [6.07, 6.45) is 3.51. The van der Waals surface area contributed by atoms with Crippen LogP contribution < -0.4 is 4.90 Å². The molecule has 0 bridgehead atoms. The lowest BCUT2D eigenvalue weighted by atomic mass is 10.2. The number of thiazole rings is 1. The van der Waals surface area contributed by atoms with Crippen LogP contribution in [0, 0.1) is 17.0 Å². The molecule has 0 aliphatic carbocycles. The lowest BCUT2D eigenvalue weighted by molar-refractivity contribution is -0.384. The number of piperazine rings is 1. The van der Waals surface area contributed by atoms with Gasteiger partial charge in [-0.3, -0.25) is 24.5 Å². The lowest BCUT2D eigenvalue weighted by Gasteiger charge is -2.35. The van der Waals surface area contributed by atoms with Crippen molar-refractivity contribution in [3.8, 4) is 17.1 Å². The Bertz CT molecular complexity index is 1710. The van der Waals surface area contributed by atoms with E-state index in [4.69, 9.17) is 0 Å². The summed E-state index contributed by atoms with van der Waals surface area (Å²) in [6, 6.07) is 18.4. The predicted octanol–water partition coefficient (Wildman–Crippen LogP) is 5.26. The van der Waals surface area contributed by atoms with Crippen LogP contribution in [0.15, 0.2) is 83.6 Å². The van der Waals surface area contributed by atoms with E-state index in [0.29, 0.717) is 43.5 Å². The molecular weight excluding hydrogens is 573 g/mol. The van der Waals surface area contributed by atoms with Gasteiger partial charge in [-0.2, -0.15) is 0 Å². The molecule has 0 radical (unpaired) electrons. The summed E-state index contributed by atoms with van der Waals surface area (Å²) in [5.74, 6) is 1.17. The van der Waals surface area contributed by atoms with Crippen LogP contribution in [0.2, 0.25) is 0 Å². The van der Waals surface area contributed by atoms with Gasteiger partial charge < -0.3 is 9.80 Å². The summed E-state index contributed by atoms with van der Waals surface area (Å²) in [5.41, 5.74) is 4.37. The third-order valence-corrected chi connectivity index (χ3v) is 8.97. The zero-order valence-electron chi connectivity index (χ0n) is 22.7. The molecule has 212 valence electrons. The summed E-state index contributed by atoms with van der Waals surface area (Å²) < 4.78 is 2.04. The topological polar surface area (TPSA) is 123 Å². The van der Waals surface area contributed by atoms with Crippen molar-refractivity contribution in [3.63, 3.8) is 0 Å². The number of pyridine rings is 1. The van der Waals surface area contributed by atoms with Crippen LogP contribution in [-0.4, -0.2) is 66.6 Å². The smallest absolute Gasteiger partial charge is 0.273 e. The SMILES string of the molecule is Cc1ccccc1-n1c(SCc2nc(C(=O)N3CCN(c4ccc([N+](=O)[O-])cc4)CC3)cs2)nnc1-c1cccnc1. The number of nitro groups is 1. The van der Waals surface area contributed by atoms with E-state index >= 15 is 0 Å². The van der Waals surface area contributed by atoms with E-state index in [0.717, 1.165) is 32.7 Å². The Morgan fingerprint density at radius 1 is 1.02 bits per heavy atom. The number of anilines is 1. The highest BCUT2D eigenvalue weighted by molar-refractivity contribution is 7.98. The Hall–Kier alpha value is -4.62. The molecule has 1 aliphatic heterocycles. The summed E-state index contributed by atoms with van der Waals surface area (Å²) in [6.45, 7) is 4.44. The van der Waals surface area contributed by atoms with Gasteiger partial charge in [-0.05, 0) is 42.8 Å². The molecule has 1 fully saturated rings. The minimum absolute atomic E-state index is 0.0643. The molecule has 5 aromatic rings. The number of nitrogens with zero attached hydrogens (tertiary/aromatic N) is 8. The monoisotopic (exact) mass is 598 g/mol. The average Bonchev–Trinajstić information content (AvgIpc) is 3.68. The van der Waals surface area contributed by atoms with Crippen LogP contribution in [0.5, 0.6) is 0 Å². The third-order valence-electron chi connectivity index (χ3n) is 7.00. The fraction of sp³-hybridized carbons (Fsp3) is 0.207.